The van der Waals surface area contributed by atoms with E-state index >= 15 is 0 Å². The fourth-order valence-corrected chi connectivity index (χ4v) is 2.14. The Bertz CT molecular complexity index is 383. The molecule has 94 valence electrons. The van der Waals surface area contributed by atoms with Crippen LogP contribution in [-0.2, 0) is 0 Å². The number of ether oxygens (including phenoxy) is 1. The molecule has 0 aromatic carbocycles. The molecule has 5 heteroatoms. The summed E-state index contributed by atoms with van der Waals surface area (Å²) in [5.74, 6) is 2.99. The van der Waals surface area contributed by atoms with E-state index in [1.165, 1.54) is 19.3 Å². The number of hydrogen-bond acceptors (Lipinski definition) is 5. The highest BCUT2D eigenvalue weighted by Crippen LogP contribution is 2.39. The summed E-state index contributed by atoms with van der Waals surface area (Å²) < 4.78 is 5.34. The van der Waals surface area contributed by atoms with Crippen molar-refractivity contribution in [3.63, 3.8) is 0 Å². The topological polar surface area (TPSA) is 59.1 Å². The molecule has 17 heavy (non-hydrogen) atoms. The maximum Gasteiger partial charge on any atom is 0.204 e. The van der Waals surface area contributed by atoms with Gasteiger partial charge in [0.1, 0.15) is 6.33 Å². The van der Waals surface area contributed by atoms with Crippen LogP contribution < -0.4 is 15.4 Å². The minimum atomic E-state index is 0.545. The predicted octanol–water partition coefficient (Wildman–Crippen LogP) is 2.13. The van der Waals surface area contributed by atoms with E-state index in [0.717, 1.165) is 17.6 Å². The van der Waals surface area contributed by atoms with Crippen molar-refractivity contribution in [2.75, 3.05) is 24.8 Å². The summed E-state index contributed by atoms with van der Waals surface area (Å²) >= 11 is 0. The summed E-state index contributed by atoms with van der Waals surface area (Å²) in [5, 5.41) is 6.43. The Kier molecular flexibility index (Phi) is 3.66. The fraction of sp³-hybridized carbons (Fsp3) is 0.667. The van der Waals surface area contributed by atoms with Crippen molar-refractivity contribution in [2.45, 2.75) is 32.2 Å². The van der Waals surface area contributed by atoms with Crippen LogP contribution in [0.25, 0.3) is 0 Å². The lowest BCUT2D eigenvalue weighted by molar-refractivity contribution is 0.414. The normalized spacial score (nSPS) is 22.1. The summed E-state index contributed by atoms with van der Waals surface area (Å²) in [4.78, 5) is 8.37. The van der Waals surface area contributed by atoms with Gasteiger partial charge in [0.25, 0.3) is 0 Å². The SMILES string of the molecule is CCCC1CC1Nc1ncnc(NC)c1OC. The number of nitrogens with zero attached hydrogens (tertiary/aromatic N) is 2. The Morgan fingerprint density at radius 2 is 2.18 bits per heavy atom. The monoisotopic (exact) mass is 236 g/mol. The average Bonchev–Trinajstić information content (AvgIpc) is 3.07. The van der Waals surface area contributed by atoms with Gasteiger partial charge in [0, 0.05) is 13.1 Å². The molecule has 0 aliphatic heterocycles. The number of hydrogen-bond donors (Lipinski definition) is 2. The molecule has 2 N–H and O–H groups in total. The summed E-state index contributed by atoms with van der Waals surface area (Å²) in [6, 6.07) is 0.545. The zero-order valence-electron chi connectivity index (χ0n) is 10.7. The molecule has 5 nitrogen and oxygen atoms in total. The van der Waals surface area contributed by atoms with Gasteiger partial charge >= 0.3 is 0 Å². The van der Waals surface area contributed by atoms with Crippen molar-refractivity contribution in [2.24, 2.45) is 5.92 Å². The van der Waals surface area contributed by atoms with E-state index < -0.39 is 0 Å². The Hall–Kier alpha value is -1.52. The summed E-state index contributed by atoms with van der Waals surface area (Å²) in [5.41, 5.74) is 0. The number of rotatable bonds is 6. The van der Waals surface area contributed by atoms with E-state index in [1.54, 1.807) is 13.4 Å². The number of anilines is 2. The lowest BCUT2D eigenvalue weighted by atomic mass is 10.2. The fourth-order valence-electron chi connectivity index (χ4n) is 2.14. The van der Waals surface area contributed by atoms with Crippen LogP contribution in [0.4, 0.5) is 11.6 Å². The molecule has 1 saturated carbocycles. The van der Waals surface area contributed by atoms with Gasteiger partial charge < -0.3 is 15.4 Å². The molecular weight excluding hydrogens is 216 g/mol. The zero-order valence-corrected chi connectivity index (χ0v) is 10.7. The van der Waals surface area contributed by atoms with Crippen LogP contribution in [0.15, 0.2) is 6.33 Å². The van der Waals surface area contributed by atoms with Gasteiger partial charge in [-0.25, -0.2) is 9.97 Å². The molecule has 0 radical (unpaired) electrons. The van der Waals surface area contributed by atoms with Gasteiger partial charge in [0.2, 0.25) is 5.75 Å². The molecule has 1 aromatic heterocycles. The standard InChI is InChI=1S/C12H20N4O/c1-4-5-8-6-9(8)16-12-10(17-3)11(13-2)14-7-15-12/h7-9H,4-6H2,1-3H3,(H2,13,14,15,16). The van der Waals surface area contributed by atoms with Crippen molar-refractivity contribution < 1.29 is 4.74 Å². The number of nitrogens with one attached hydrogen (secondary N) is 2. The van der Waals surface area contributed by atoms with Gasteiger partial charge in [-0.2, -0.15) is 0 Å². The first kappa shape index (κ1) is 12.0. The molecule has 1 aliphatic rings. The van der Waals surface area contributed by atoms with Crippen molar-refractivity contribution in [1.82, 2.24) is 9.97 Å². The highest BCUT2D eigenvalue weighted by molar-refractivity contribution is 5.63. The van der Waals surface area contributed by atoms with Gasteiger partial charge in [0.05, 0.1) is 7.11 Å². The summed E-state index contributed by atoms with van der Waals surface area (Å²) in [7, 11) is 3.47. The van der Waals surface area contributed by atoms with Crippen molar-refractivity contribution in [3.05, 3.63) is 6.33 Å². The molecule has 2 rings (SSSR count). The maximum absolute atomic E-state index is 5.34. The lowest BCUT2D eigenvalue weighted by Gasteiger charge is -2.12. The van der Waals surface area contributed by atoms with E-state index in [1.807, 2.05) is 7.05 Å². The molecule has 0 saturated heterocycles. The van der Waals surface area contributed by atoms with Crippen LogP contribution in [0.5, 0.6) is 5.75 Å². The zero-order chi connectivity index (χ0) is 12.3. The van der Waals surface area contributed by atoms with Gasteiger partial charge in [-0.05, 0) is 18.8 Å². The van der Waals surface area contributed by atoms with E-state index in [-0.39, 0.29) is 0 Å². The molecular formula is C12H20N4O. The molecule has 1 fully saturated rings. The van der Waals surface area contributed by atoms with Gasteiger partial charge in [-0.1, -0.05) is 13.3 Å². The van der Waals surface area contributed by atoms with Crippen LogP contribution in [0, 0.1) is 5.92 Å². The molecule has 1 aliphatic carbocycles. The first-order chi connectivity index (χ1) is 8.30. The Balaban J connectivity index is 2.06. The molecule has 0 spiro atoms. The van der Waals surface area contributed by atoms with E-state index in [9.17, 15) is 0 Å². The van der Waals surface area contributed by atoms with E-state index in [4.69, 9.17) is 4.74 Å². The molecule has 1 heterocycles. The minimum Gasteiger partial charge on any atom is -0.490 e. The Labute approximate surface area is 102 Å². The average molecular weight is 236 g/mol. The molecule has 0 amide bonds. The number of aromatic nitrogens is 2. The van der Waals surface area contributed by atoms with Crippen LogP contribution in [-0.4, -0.2) is 30.2 Å². The van der Waals surface area contributed by atoms with Crippen LogP contribution in [0.1, 0.15) is 26.2 Å². The largest absolute Gasteiger partial charge is 0.490 e. The maximum atomic E-state index is 5.34. The quantitative estimate of drug-likeness (QED) is 0.792. The Morgan fingerprint density at radius 3 is 2.82 bits per heavy atom. The minimum absolute atomic E-state index is 0.545. The van der Waals surface area contributed by atoms with Crippen LogP contribution in [0.2, 0.25) is 0 Å². The first-order valence-electron chi connectivity index (χ1n) is 6.13. The molecule has 2 unspecified atom stereocenters. The third-order valence-corrected chi connectivity index (χ3v) is 3.15. The third-order valence-electron chi connectivity index (χ3n) is 3.15. The highest BCUT2D eigenvalue weighted by Gasteiger charge is 2.36. The smallest absolute Gasteiger partial charge is 0.204 e. The second-order valence-electron chi connectivity index (χ2n) is 4.39. The first-order valence-corrected chi connectivity index (χ1v) is 6.13. The lowest BCUT2D eigenvalue weighted by Crippen LogP contribution is -2.09. The van der Waals surface area contributed by atoms with Gasteiger partial charge in [-0.15, -0.1) is 0 Å². The number of methoxy groups -OCH3 is 1. The second kappa shape index (κ2) is 5.21. The van der Waals surface area contributed by atoms with Crippen LogP contribution in [0.3, 0.4) is 0 Å². The van der Waals surface area contributed by atoms with Gasteiger partial charge in [0.15, 0.2) is 11.6 Å². The van der Waals surface area contributed by atoms with Crippen LogP contribution >= 0.6 is 0 Å². The molecule has 0 bridgehead atoms. The highest BCUT2D eigenvalue weighted by atomic mass is 16.5. The van der Waals surface area contributed by atoms with Gasteiger partial charge in [-0.3, -0.25) is 0 Å². The summed E-state index contributed by atoms with van der Waals surface area (Å²) in [6.45, 7) is 2.22. The predicted molar refractivity (Wildman–Crippen MR) is 68.6 cm³/mol. The van der Waals surface area contributed by atoms with Crippen molar-refractivity contribution in [3.8, 4) is 5.75 Å². The van der Waals surface area contributed by atoms with Crippen molar-refractivity contribution in [1.29, 1.82) is 0 Å². The Morgan fingerprint density at radius 1 is 1.41 bits per heavy atom. The second-order valence-corrected chi connectivity index (χ2v) is 4.39. The van der Waals surface area contributed by atoms with Crippen molar-refractivity contribution >= 4 is 11.6 Å². The summed E-state index contributed by atoms with van der Waals surface area (Å²) in [6.07, 6.45) is 5.30. The third kappa shape index (κ3) is 2.60. The molecule has 2 atom stereocenters. The molecule has 1 aromatic rings. The van der Waals surface area contributed by atoms with E-state index in [0.29, 0.717) is 11.8 Å². The van der Waals surface area contributed by atoms with E-state index in [2.05, 4.69) is 27.5 Å².